The predicted molar refractivity (Wildman–Crippen MR) is 94.6 cm³/mol. The molecule has 2 aliphatic rings. The zero-order chi connectivity index (χ0) is 18.1. The van der Waals surface area contributed by atoms with Crippen molar-refractivity contribution in [1.29, 1.82) is 0 Å². The fraction of sp³-hybridized carbons (Fsp3) is 0.529. The summed E-state index contributed by atoms with van der Waals surface area (Å²) < 4.78 is 1.91. The lowest BCUT2D eigenvalue weighted by Crippen LogP contribution is -2.47. The number of fused-ring (bicyclic) bond motifs is 1. The molecule has 1 N–H and O–H groups in total. The highest BCUT2D eigenvalue weighted by Crippen LogP contribution is 2.20. The van der Waals surface area contributed by atoms with E-state index in [9.17, 15) is 9.90 Å². The van der Waals surface area contributed by atoms with Gasteiger partial charge in [0, 0.05) is 32.7 Å². The molecule has 2 aromatic heterocycles. The van der Waals surface area contributed by atoms with Crippen LogP contribution in [0.4, 0.5) is 5.82 Å². The number of hydrogen-bond donors (Lipinski definition) is 1. The Balaban J connectivity index is 1.50. The maximum absolute atomic E-state index is 12.7. The van der Waals surface area contributed by atoms with Gasteiger partial charge in [-0.05, 0) is 13.1 Å². The molecule has 9 heteroatoms. The van der Waals surface area contributed by atoms with E-state index in [-0.39, 0.29) is 12.5 Å². The summed E-state index contributed by atoms with van der Waals surface area (Å²) in [5, 5.41) is 13.6. The van der Waals surface area contributed by atoms with Crippen LogP contribution in [0.5, 0.6) is 0 Å². The molecule has 1 fully saturated rings. The smallest absolute Gasteiger partial charge is 0.274 e. The molecule has 0 radical (unpaired) electrons. The zero-order valence-corrected chi connectivity index (χ0v) is 14.9. The number of carbonyl (C=O) groups is 1. The normalized spacial score (nSPS) is 18.1. The van der Waals surface area contributed by atoms with Gasteiger partial charge >= 0.3 is 0 Å². The Morgan fingerprint density at radius 1 is 1.15 bits per heavy atom. The topological polar surface area (TPSA) is 90.6 Å². The van der Waals surface area contributed by atoms with E-state index in [2.05, 4.69) is 31.9 Å². The van der Waals surface area contributed by atoms with Crippen molar-refractivity contribution in [2.75, 3.05) is 44.7 Å². The van der Waals surface area contributed by atoms with E-state index in [0.29, 0.717) is 43.4 Å². The van der Waals surface area contributed by atoms with Crippen molar-refractivity contribution in [2.45, 2.75) is 19.7 Å². The third-order valence-corrected chi connectivity index (χ3v) is 4.97. The highest BCUT2D eigenvalue weighted by molar-refractivity contribution is 5.92. The van der Waals surface area contributed by atoms with Gasteiger partial charge in [-0.3, -0.25) is 14.5 Å². The average molecular weight is 357 g/mol. The van der Waals surface area contributed by atoms with Gasteiger partial charge in [-0.1, -0.05) is 0 Å². The fourth-order valence-electron chi connectivity index (χ4n) is 3.38. The second kappa shape index (κ2) is 7.00. The van der Waals surface area contributed by atoms with Crippen LogP contribution in [0.25, 0.3) is 0 Å². The Bertz CT molecular complexity index is 798. The zero-order valence-electron chi connectivity index (χ0n) is 14.9. The number of piperazine rings is 1. The lowest BCUT2D eigenvalue weighted by molar-refractivity contribution is 0.0658. The van der Waals surface area contributed by atoms with Gasteiger partial charge in [0.25, 0.3) is 5.91 Å². The summed E-state index contributed by atoms with van der Waals surface area (Å²) in [6.07, 6.45) is 3.24. The summed E-state index contributed by atoms with van der Waals surface area (Å²) in [6.45, 7) is 5.21. The van der Waals surface area contributed by atoms with Crippen molar-refractivity contribution < 1.29 is 9.90 Å². The number of likely N-dealkylation sites (N-methyl/N-ethyl adjacent to an activating group) is 1. The molecule has 0 spiro atoms. The van der Waals surface area contributed by atoms with Crippen molar-refractivity contribution in [3.63, 3.8) is 0 Å². The van der Waals surface area contributed by atoms with Gasteiger partial charge in [0.2, 0.25) is 0 Å². The summed E-state index contributed by atoms with van der Waals surface area (Å²) in [4.78, 5) is 27.7. The molecule has 0 unspecified atom stereocenters. The van der Waals surface area contributed by atoms with Crippen molar-refractivity contribution in [3.8, 4) is 0 Å². The maximum Gasteiger partial charge on any atom is 0.274 e. The number of anilines is 1. The van der Waals surface area contributed by atoms with E-state index in [4.69, 9.17) is 0 Å². The molecule has 0 saturated carbocycles. The minimum atomic E-state index is -0.0607. The monoisotopic (exact) mass is 357 g/mol. The molecule has 0 bridgehead atoms. The van der Waals surface area contributed by atoms with Gasteiger partial charge in [-0.25, -0.2) is 4.98 Å². The number of amides is 1. The lowest BCUT2D eigenvalue weighted by Gasteiger charge is -2.32. The molecule has 2 aliphatic heterocycles. The summed E-state index contributed by atoms with van der Waals surface area (Å²) in [6, 6.07) is 1.90. The first-order valence-electron chi connectivity index (χ1n) is 8.85. The van der Waals surface area contributed by atoms with E-state index in [0.717, 1.165) is 25.3 Å². The number of rotatable bonds is 3. The average Bonchev–Trinajstić information content (AvgIpc) is 3.10. The van der Waals surface area contributed by atoms with Crippen LogP contribution in [-0.4, -0.2) is 80.3 Å². The summed E-state index contributed by atoms with van der Waals surface area (Å²) >= 11 is 0. The van der Waals surface area contributed by atoms with Gasteiger partial charge in [-0.2, -0.15) is 5.10 Å². The minimum absolute atomic E-state index is 0.0583. The third-order valence-electron chi connectivity index (χ3n) is 4.97. The first kappa shape index (κ1) is 16.9. The molecule has 4 rings (SSSR count). The van der Waals surface area contributed by atoms with Gasteiger partial charge in [0.15, 0.2) is 0 Å². The van der Waals surface area contributed by atoms with Crippen molar-refractivity contribution in [1.82, 2.24) is 29.5 Å². The fourth-order valence-corrected chi connectivity index (χ4v) is 3.38. The standard InChI is InChI=1S/C17H23N7O2/c1-21-2-4-22(5-3-21)17(26)15-9-18-10-16(19-15)23-6-7-24-14(11-23)8-13(12-25)20-24/h8-10,25H,2-7,11-12H2,1H3. The Labute approximate surface area is 151 Å². The predicted octanol–water partition coefficient (Wildman–Crippen LogP) is -0.427. The Hall–Kier alpha value is -2.52. The van der Waals surface area contributed by atoms with Gasteiger partial charge in [-0.15, -0.1) is 0 Å². The van der Waals surface area contributed by atoms with E-state index < -0.39 is 0 Å². The summed E-state index contributed by atoms with van der Waals surface area (Å²) in [5.74, 6) is 0.639. The Morgan fingerprint density at radius 3 is 2.73 bits per heavy atom. The molecule has 138 valence electrons. The van der Waals surface area contributed by atoms with Crippen LogP contribution in [0, 0.1) is 0 Å². The van der Waals surface area contributed by atoms with E-state index >= 15 is 0 Å². The van der Waals surface area contributed by atoms with E-state index in [1.807, 2.05) is 15.6 Å². The summed E-state index contributed by atoms with van der Waals surface area (Å²) in [7, 11) is 2.06. The molecule has 0 atom stereocenters. The molecule has 9 nitrogen and oxygen atoms in total. The molecule has 0 aliphatic carbocycles. The molecule has 26 heavy (non-hydrogen) atoms. The van der Waals surface area contributed by atoms with Crippen molar-refractivity contribution in [2.24, 2.45) is 0 Å². The molecule has 2 aromatic rings. The van der Waals surface area contributed by atoms with Crippen LogP contribution >= 0.6 is 0 Å². The first-order valence-corrected chi connectivity index (χ1v) is 8.85. The highest BCUT2D eigenvalue weighted by atomic mass is 16.3. The number of aliphatic hydroxyl groups is 1. The van der Waals surface area contributed by atoms with E-state index in [1.54, 1.807) is 12.4 Å². The molecule has 0 aromatic carbocycles. The molecule has 1 amide bonds. The lowest BCUT2D eigenvalue weighted by atomic mass is 10.2. The molecular weight excluding hydrogens is 334 g/mol. The quantitative estimate of drug-likeness (QED) is 0.797. The SMILES string of the molecule is CN1CCN(C(=O)c2cncc(N3CCn4nc(CO)cc4C3)n2)CC1. The van der Waals surface area contributed by atoms with Crippen LogP contribution in [0.3, 0.4) is 0 Å². The van der Waals surface area contributed by atoms with Crippen LogP contribution in [0.2, 0.25) is 0 Å². The minimum Gasteiger partial charge on any atom is -0.390 e. The van der Waals surface area contributed by atoms with Crippen molar-refractivity contribution in [3.05, 3.63) is 35.5 Å². The highest BCUT2D eigenvalue weighted by Gasteiger charge is 2.24. The number of nitrogens with zero attached hydrogens (tertiary/aromatic N) is 7. The summed E-state index contributed by atoms with van der Waals surface area (Å²) in [5.41, 5.74) is 2.09. The first-order chi connectivity index (χ1) is 12.6. The number of hydrogen-bond acceptors (Lipinski definition) is 7. The van der Waals surface area contributed by atoms with Crippen LogP contribution in [0.15, 0.2) is 18.5 Å². The van der Waals surface area contributed by atoms with Crippen LogP contribution in [-0.2, 0) is 19.7 Å². The van der Waals surface area contributed by atoms with Crippen LogP contribution in [0.1, 0.15) is 21.9 Å². The Kier molecular flexibility index (Phi) is 4.56. The maximum atomic E-state index is 12.7. The van der Waals surface area contributed by atoms with E-state index in [1.165, 1.54) is 0 Å². The largest absolute Gasteiger partial charge is 0.390 e. The van der Waals surface area contributed by atoms with Gasteiger partial charge in [0.1, 0.15) is 11.5 Å². The van der Waals surface area contributed by atoms with Gasteiger partial charge < -0.3 is 19.8 Å². The van der Waals surface area contributed by atoms with Crippen molar-refractivity contribution >= 4 is 11.7 Å². The number of carbonyl (C=O) groups excluding carboxylic acids is 1. The second-order valence-electron chi connectivity index (χ2n) is 6.79. The number of aromatic nitrogens is 4. The third kappa shape index (κ3) is 3.27. The molecular formula is C17H23N7O2. The van der Waals surface area contributed by atoms with Gasteiger partial charge in [0.05, 0.1) is 43.5 Å². The number of aliphatic hydroxyl groups excluding tert-OH is 1. The Morgan fingerprint density at radius 2 is 1.96 bits per heavy atom. The molecule has 4 heterocycles. The molecule has 1 saturated heterocycles. The second-order valence-corrected chi connectivity index (χ2v) is 6.79. The van der Waals surface area contributed by atoms with Crippen LogP contribution < -0.4 is 4.90 Å².